The molecule has 162 valence electrons. The van der Waals surface area contributed by atoms with Crippen molar-refractivity contribution >= 4 is 34.9 Å². The molecule has 7 nitrogen and oxygen atoms in total. The number of carbonyl (C=O) groups is 2. The minimum Gasteiger partial charge on any atom is -0.350 e. The fourth-order valence-corrected chi connectivity index (χ4v) is 4.53. The summed E-state index contributed by atoms with van der Waals surface area (Å²) in [4.78, 5) is 32.3. The van der Waals surface area contributed by atoms with Gasteiger partial charge < -0.3 is 10.2 Å². The van der Waals surface area contributed by atoms with E-state index in [9.17, 15) is 9.59 Å². The molecule has 1 aliphatic rings. The van der Waals surface area contributed by atoms with Crippen LogP contribution in [-0.4, -0.2) is 50.3 Å². The molecule has 1 N–H and O–H groups in total. The molecule has 9 heteroatoms. The van der Waals surface area contributed by atoms with Crippen molar-refractivity contribution in [2.45, 2.75) is 37.4 Å². The Labute approximate surface area is 189 Å². The van der Waals surface area contributed by atoms with Gasteiger partial charge in [0.05, 0.1) is 24.5 Å². The number of thioether (sulfide) groups is 1. The second kappa shape index (κ2) is 10.1. The number of hydrogen-bond donors (Lipinski definition) is 1. The van der Waals surface area contributed by atoms with Crippen LogP contribution in [0.25, 0.3) is 5.69 Å². The Morgan fingerprint density at radius 1 is 1.23 bits per heavy atom. The molecule has 31 heavy (non-hydrogen) atoms. The van der Waals surface area contributed by atoms with Gasteiger partial charge in [0.25, 0.3) is 0 Å². The number of thiophene rings is 1. The SMILES string of the molecule is CCN(CC(=O)NCc1cccs1)C(=O)CSc1nc(C2CC2)n(-c2ccccc2)n1. The second-order valence-electron chi connectivity index (χ2n) is 7.33. The monoisotopic (exact) mass is 455 g/mol. The number of hydrogen-bond acceptors (Lipinski definition) is 6. The molecule has 0 bridgehead atoms. The Kier molecular flexibility index (Phi) is 7.03. The first-order chi connectivity index (χ1) is 15.1. The molecule has 1 aromatic carbocycles. The van der Waals surface area contributed by atoms with Crippen LogP contribution in [0.5, 0.6) is 0 Å². The normalized spacial score (nSPS) is 13.2. The second-order valence-corrected chi connectivity index (χ2v) is 9.30. The highest BCUT2D eigenvalue weighted by Gasteiger charge is 2.30. The highest BCUT2D eigenvalue weighted by Crippen LogP contribution is 2.40. The number of aromatic nitrogens is 3. The van der Waals surface area contributed by atoms with E-state index in [1.807, 2.05) is 59.5 Å². The zero-order valence-corrected chi connectivity index (χ0v) is 19.0. The highest BCUT2D eigenvalue weighted by molar-refractivity contribution is 7.99. The van der Waals surface area contributed by atoms with Crippen molar-refractivity contribution < 1.29 is 9.59 Å². The molecule has 3 aromatic rings. The van der Waals surface area contributed by atoms with Gasteiger partial charge >= 0.3 is 0 Å². The van der Waals surface area contributed by atoms with Gasteiger partial charge in [0, 0.05) is 17.3 Å². The summed E-state index contributed by atoms with van der Waals surface area (Å²) in [6, 6.07) is 13.9. The first kappa shape index (κ1) is 21.6. The molecule has 2 heterocycles. The molecular formula is C22H25N5O2S2. The molecule has 0 radical (unpaired) electrons. The minimum absolute atomic E-state index is 0.0560. The van der Waals surface area contributed by atoms with E-state index < -0.39 is 0 Å². The van der Waals surface area contributed by atoms with Gasteiger partial charge in [-0.25, -0.2) is 9.67 Å². The zero-order valence-electron chi connectivity index (χ0n) is 17.4. The number of nitrogens with zero attached hydrogens (tertiary/aromatic N) is 4. The maximum absolute atomic E-state index is 12.7. The first-order valence-electron chi connectivity index (χ1n) is 10.4. The Hall–Kier alpha value is -2.65. The molecule has 0 unspecified atom stereocenters. The molecule has 0 saturated heterocycles. The Balaban J connectivity index is 1.33. The van der Waals surface area contributed by atoms with Crippen molar-refractivity contribution in [3.05, 3.63) is 58.5 Å². The molecule has 0 spiro atoms. The third kappa shape index (κ3) is 5.74. The van der Waals surface area contributed by atoms with E-state index in [0.717, 1.165) is 29.2 Å². The average molecular weight is 456 g/mol. The van der Waals surface area contributed by atoms with Gasteiger partial charge in [-0.15, -0.1) is 16.4 Å². The molecular weight excluding hydrogens is 430 g/mol. The summed E-state index contributed by atoms with van der Waals surface area (Å²) in [5.41, 5.74) is 0.979. The number of carbonyl (C=O) groups excluding carboxylic acids is 2. The van der Waals surface area contributed by atoms with Gasteiger partial charge in [0.1, 0.15) is 5.82 Å². The molecule has 2 aromatic heterocycles. The maximum atomic E-state index is 12.7. The molecule has 4 rings (SSSR count). The van der Waals surface area contributed by atoms with Gasteiger partial charge in [-0.1, -0.05) is 36.0 Å². The van der Waals surface area contributed by atoms with Crippen LogP contribution in [0.2, 0.25) is 0 Å². The van der Waals surface area contributed by atoms with Gasteiger partial charge in [-0.2, -0.15) is 0 Å². The van der Waals surface area contributed by atoms with Crippen LogP contribution in [0.3, 0.4) is 0 Å². The summed E-state index contributed by atoms with van der Waals surface area (Å²) in [5, 5.41) is 10.1. The average Bonchev–Trinajstić information content (AvgIpc) is 3.33. The van der Waals surface area contributed by atoms with E-state index in [-0.39, 0.29) is 24.1 Å². The van der Waals surface area contributed by atoms with E-state index in [1.54, 1.807) is 16.2 Å². The van der Waals surface area contributed by atoms with Crippen LogP contribution in [0.15, 0.2) is 53.0 Å². The van der Waals surface area contributed by atoms with Crippen molar-refractivity contribution in [3.8, 4) is 5.69 Å². The quantitative estimate of drug-likeness (QED) is 0.474. The largest absolute Gasteiger partial charge is 0.350 e. The third-order valence-corrected chi connectivity index (χ3v) is 6.69. The van der Waals surface area contributed by atoms with E-state index in [0.29, 0.717) is 24.2 Å². The minimum atomic E-state index is -0.156. The fourth-order valence-electron chi connectivity index (χ4n) is 3.15. The molecule has 0 atom stereocenters. The van der Waals surface area contributed by atoms with E-state index >= 15 is 0 Å². The summed E-state index contributed by atoms with van der Waals surface area (Å²) >= 11 is 2.92. The van der Waals surface area contributed by atoms with Crippen LogP contribution in [0.4, 0.5) is 0 Å². The summed E-state index contributed by atoms with van der Waals surface area (Å²) < 4.78 is 1.89. The fraction of sp³-hybridized carbons (Fsp3) is 0.364. The Morgan fingerprint density at radius 2 is 2.03 bits per heavy atom. The van der Waals surface area contributed by atoms with Crippen molar-refractivity contribution in [2.24, 2.45) is 0 Å². The number of likely N-dealkylation sites (N-methyl/N-ethyl adjacent to an activating group) is 1. The molecule has 1 saturated carbocycles. The lowest BCUT2D eigenvalue weighted by molar-refractivity contribution is -0.133. The maximum Gasteiger partial charge on any atom is 0.239 e. The number of nitrogens with one attached hydrogen (secondary N) is 1. The van der Waals surface area contributed by atoms with Gasteiger partial charge in [-0.3, -0.25) is 9.59 Å². The van der Waals surface area contributed by atoms with E-state index in [4.69, 9.17) is 4.98 Å². The Bertz CT molecular complexity index is 1020. The predicted octanol–water partition coefficient (Wildman–Crippen LogP) is 3.46. The van der Waals surface area contributed by atoms with Crippen LogP contribution < -0.4 is 5.32 Å². The van der Waals surface area contributed by atoms with Crippen molar-refractivity contribution in [2.75, 3.05) is 18.8 Å². The van der Waals surface area contributed by atoms with E-state index in [2.05, 4.69) is 10.4 Å². The lowest BCUT2D eigenvalue weighted by Gasteiger charge is -2.19. The number of benzene rings is 1. The van der Waals surface area contributed by atoms with E-state index in [1.165, 1.54) is 11.8 Å². The Morgan fingerprint density at radius 3 is 2.71 bits per heavy atom. The number of rotatable bonds is 10. The van der Waals surface area contributed by atoms with Crippen LogP contribution >= 0.6 is 23.1 Å². The number of amides is 2. The molecule has 1 fully saturated rings. The van der Waals surface area contributed by atoms with Crippen LogP contribution in [0.1, 0.15) is 36.4 Å². The van der Waals surface area contributed by atoms with Crippen molar-refractivity contribution in [1.82, 2.24) is 25.0 Å². The predicted molar refractivity (Wildman–Crippen MR) is 122 cm³/mol. The highest BCUT2D eigenvalue weighted by atomic mass is 32.2. The van der Waals surface area contributed by atoms with Gasteiger partial charge in [0.15, 0.2) is 0 Å². The van der Waals surface area contributed by atoms with Gasteiger partial charge in [-0.05, 0) is 43.3 Å². The summed E-state index contributed by atoms with van der Waals surface area (Å²) in [5.74, 6) is 1.35. The zero-order chi connectivity index (χ0) is 21.6. The smallest absolute Gasteiger partial charge is 0.239 e. The molecule has 0 aliphatic heterocycles. The topological polar surface area (TPSA) is 80.1 Å². The third-order valence-electron chi connectivity index (χ3n) is 4.99. The summed E-state index contributed by atoms with van der Waals surface area (Å²) in [7, 11) is 0. The first-order valence-corrected chi connectivity index (χ1v) is 12.2. The van der Waals surface area contributed by atoms with Crippen molar-refractivity contribution in [3.63, 3.8) is 0 Å². The molecule has 2 amide bonds. The lowest BCUT2D eigenvalue weighted by Crippen LogP contribution is -2.41. The summed E-state index contributed by atoms with van der Waals surface area (Å²) in [6.45, 7) is 2.90. The van der Waals surface area contributed by atoms with Crippen molar-refractivity contribution in [1.29, 1.82) is 0 Å². The number of para-hydroxylation sites is 1. The van der Waals surface area contributed by atoms with Crippen LogP contribution in [-0.2, 0) is 16.1 Å². The summed E-state index contributed by atoms with van der Waals surface area (Å²) in [6.07, 6.45) is 2.25. The lowest BCUT2D eigenvalue weighted by atomic mass is 10.3. The van der Waals surface area contributed by atoms with Crippen LogP contribution in [0, 0.1) is 0 Å². The molecule has 1 aliphatic carbocycles. The van der Waals surface area contributed by atoms with Gasteiger partial charge in [0.2, 0.25) is 17.0 Å². The standard InChI is InChI=1S/C22H25N5O2S2/c1-2-26(14-19(28)23-13-18-9-6-12-30-18)20(29)15-31-22-24-21(16-10-11-16)27(25-22)17-7-4-3-5-8-17/h3-9,12,16H,2,10-11,13-15H2,1H3,(H,23,28).